The summed E-state index contributed by atoms with van der Waals surface area (Å²) < 4.78 is 5.71. The molecule has 200 valence electrons. The van der Waals surface area contributed by atoms with E-state index in [4.69, 9.17) is 4.74 Å². The Bertz CT molecular complexity index is 1340. The minimum Gasteiger partial charge on any atom is -0.422 e. The first-order valence-electron chi connectivity index (χ1n) is 14.2. The Morgan fingerprint density at radius 1 is 0.667 bits per heavy atom. The molecule has 0 spiro atoms. The van der Waals surface area contributed by atoms with E-state index in [1.807, 2.05) is 49.4 Å². The van der Waals surface area contributed by atoms with E-state index in [-0.39, 0.29) is 17.5 Å². The number of ether oxygens (including phenoxy) is 1. The van der Waals surface area contributed by atoms with E-state index in [9.17, 15) is 9.59 Å². The molecule has 0 saturated carbocycles. The van der Waals surface area contributed by atoms with E-state index in [2.05, 4.69) is 31.2 Å². The fraction of sp³-hybridized carbons (Fsp3) is 0.278. The summed E-state index contributed by atoms with van der Waals surface area (Å²) in [7, 11) is 0. The predicted molar refractivity (Wildman–Crippen MR) is 160 cm³/mol. The summed E-state index contributed by atoms with van der Waals surface area (Å²) in [6.45, 7) is 4.12. The van der Waals surface area contributed by atoms with Crippen LogP contribution in [0, 0.1) is 0 Å². The van der Waals surface area contributed by atoms with Crippen LogP contribution in [0.3, 0.4) is 0 Å². The molecule has 39 heavy (non-hydrogen) atoms. The molecule has 0 aliphatic heterocycles. The van der Waals surface area contributed by atoms with E-state index in [0.717, 1.165) is 23.1 Å². The number of rotatable bonds is 13. The summed E-state index contributed by atoms with van der Waals surface area (Å²) in [4.78, 5) is 26.2. The highest BCUT2D eigenvalue weighted by atomic mass is 16.5. The maximum atomic E-state index is 13.2. The third-order valence-electron chi connectivity index (χ3n) is 7.27. The quantitative estimate of drug-likeness (QED) is 0.0766. The summed E-state index contributed by atoms with van der Waals surface area (Å²) in [5.41, 5.74) is 5.30. The van der Waals surface area contributed by atoms with Crippen molar-refractivity contribution < 1.29 is 14.3 Å². The van der Waals surface area contributed by atoms with Gasteiger partial charge in [0.25, 0.3) is 0 Å². The minimum absolute atomic E-state index is 0.0834. The van der Waals surface area contributed by atoms with Crippen LogP contribution < -0.4 is 4.74 Å². The second kappa shape index (κ2) is 14.2. The predicted octanol–water partition coefficient (Wildman–Crippen LogP) is 9.46. The summed E-state index contributed by atoms with van der Waals surface area (Å²) in [6.07, 6.45) is 8.95. The third-order valence-corrected chi connectivity index (χ3v) is 7.27. The smallest absolute Gasteiger partial charge is 0.343 e. The summed E-state index contributed by atoms with van der Waals surface area (Å²) in [5, 5.41) is 0. The maximum Gasteiger partial charge on any atom is 0.343 e. The number of carbonyl (C=O) groups excluding carboxylic acids is 2. The number of hydrogen-bond acceptors (Lipinski definition) is 3. The monoisotopic (exact) mass is 518 g/mol. The normalized spacial score (nSPS) is 11.6. The Hall–Kier alpha value is -3.98. The molecule has 0 aliphatic rings. The topological polar surface area (TPSA) is 43.4 Å². The molecule has 0 saturated heterocycles. The maximum absolute atomic E-state index is 13.2. The minimum atomic E-state index is -0.483. The van der Waals surface area contributed by atoms with Gasteiger partial charge >= 0.3 is 5.97 Å². The molecule has 0 aliphatic carbocycles. The Labute approximate surface area is 232 Å². The van der Waals surface area contributed by atoms with Gasteiger partial charge in [-0.3, -0.25) is 4.79 Å². The van der Waals surface area contributed by atoms with Crippen molar-refractivity contribution >= 4 is 11.8 Å². The molecule has 0 bridgehead atoms. The summed E-state index contributed by atoms with van der Waals surface area (Å²) in [5.74, 6) is -0.633. The van der Waals surface area contributed by atoms with Crippen LogP contribution in [0.4, 0.5) is 0 Å². The van der Waals surface area contributed by atoms with Gasteiger partial charge in [-0.2, -0.15) is 0 Å². The lowest BCUT2D eigenvalue weighted by molar-refractivity contribution is 0.0732. The van der Waals surface area contributed by atoms with E-state index >= 15 is 0 Å². The van der Waals surface area contributed by atoms with Crippen molar-refractivity contribution in [1.82, 2.24) is 0 Å². The van der Waals surface area contributed by atoms with Crippen LogP contribution in [0.2, 0.25) is 0 Å². The van der Waals surface area contributed by atoms with Gasteiger partial charge in [0.1, 0.15) is 5.75 Å². The first-order chi connectivity index (χ1) is 19.1. The van der Waals surface area contributed by atoms with Gasteiger partial charge in [-0.05, 0) is 59.4 Å². The number of esters is 1. The standard InChI is InChI=1S/C36H38O3/c1-3-4-5-6-7-9-14-28-19-21-30(22-20-28)31-23-25-32(26-24-31)36(38)39-34-18-13-12-17-33(34)35(37)27(2)29-15-10-8-11-16-29/h8,10-13,15-27H,3-7,9,14H2,1-2H3. The second-order valence-electron chi connectivity index (χ2n) is 10.2. The van der Waals surface area contributed by atoms with Crippen molar-refractivity contribution in [3.05, 3.63) is 125 Å². The van der Waals surface area contributed by atoms with Crippen LogP contribution >= 0.6 is 0 Å². The number of aryl methyl sites for hydroxylation is 1. The molecule has 0 aromatic heterocycles. The number of hydrogen-bond donors (Lipinski definition) is 0. The van der Waals surface area contributed by atoms with E-state index in [0.29, 0.717) is 11.1 Å². The van der Waals surface area contributed by atoms with Gasteiger partial charge in [-0.15, -0.1) is 0 Å². The first kappa shape index (κ1) is 28.0. The molecule has 1 unspecified atom stereocenters. The Morgan fingerprint density at radius 3 is 1.95 bits per heavy atom. The fourth-order valence-electron chi connectivity index (χ4n) is 4.82. The number of unbranched alkanes of at least 4 members (excludes halogenated alkanes) is 5. The van der Waals surface area contributed by atoms with Gasteiger partial charge in [0.05, 0.1) is 11.1 Å². The Kier molecular flexibility index (Phi) is 10.2. The lowest BCUT2D eigenvalue weighted by Gasteiger charge is -2.14. The zero-order valence-corrected chi connectivity index (χ0v) is 23.1. The first-order valence-corrected chi connectivity index (χ1v) is 14.2. The van der Waals surface area contributed by atoms with Crippen LogP contribution in [-0.2, 0) is 6.42 Å². The number of carbonyl (C=O) groups is 2. The number of para-hydroxylation sites is 1. The average molecular weight is 519 g/mol. The van der Waals surface area contributed by atoms with Gasteiger partial charge in [0, 0.05) is 5.92 Å². The van der Waals surface area contributed by atoms with Crippen molar-refractivity contribution in [2.75, 3.05) is 0 Å². The number of benzene rings is 4. The Morgan fingerprint density at radius 2 is 1.26 bits per heavy atom. The highest BCUT2D eigenvalue weighted by Crippen LogP contribution is 2.28. The highest BCUT2D eigenvalue weighted by molar-refractivity contribution is 6.04. The van der Waals surface area contributed by atoms with Crippen LogP contribution in [0.25, 0.3) is 11.1 Å². The van der Waals surface area contributed by atoms with E-state index in [1.54, 1.807) is 36.4 Å². The summed E-state index contributed by atoms with van der Waals surface area (Å²) >= 11 is 0. The lowest BCUT2D eigenvalue weighted by atomic mass is 9.92. The number of ketones is 1. The SMILES string of the molecule is CCCCCCCCc1ccc(-c2ccc(C(=O)Oc3ccccc3C(=O)C(C)c3ccccc3)cc2)cc1. The molecule has 4 rings (SSSR count). The number of Topliss-reactive ketones (excluding diaryl/α,β-unsaturated/α-hetero) is 1. The van der Waals surface area contributed by atoms with Gasteiger partial charge in [0.2, 0.25) is 0 Å². The molecule has 3 nitrogen and oxygen atoms in total. The molecule has 4 aromatic rings. The zero-order valence-electron chi connectivity index (χ0n) is 23.1. The zero-order chi connectivity index (χ0) is 27.5. The molecule has 0 amide bonds. The van der Waals surface area contributed by atoms with Gasteiger partial charge in [-0.25, -0.2) is 4.79 Å². The third kappa shape index (κ3) is 7.77. The molecular formula is C36H38O3. The van der Waals surface area contributed by atoms with Crippen molar-refractivity contribution in [2.24, 2.45) is 0 Å². The van der Waals surface area contributed by atoms with Crippen molar-refractivity contribution in [1.29, 1.82) is 0 Å². The molecule has 1 atom stereocenters. The largest absolute Gasteiger partial charge is 0.422 e. The lowest BCUT2D eigenvalue weighted by Crippen LogP contribution is -2.14. The van der Waals surface area contributed by atoms with Crippen LogP contribution in [0.5, 0.6) is 5.75 Å². The molecule has 0 N–H and O–H groups in total. The van der Waals surface area contributed by atoms with Crippen LogP contribution in [0.15, 0.2) is 103 Å². The van der Waals surface area contributed by atoms with Gasteiger partial charge < -0.3 is 4.74 Å². The fourth-order valence-corrected chi connectivity index (χ4v) is 4.82. The average Bonchev–Trinajstić information content (AvgIpc) is 2.99. The Balaban J connectivity index is 1.37. The van der Waals surface area contributed by atoms with Crippen LogP contribution in [0.1, 0.15) is 90.1 Å². The van der Waals surface area contributed by atoms with Crippen LogP contribution in [-0.4, -0.2) is 11.8 Å². The van der Waals surface area contributed by atoms with E-state index in [1.165, 1.54) is 44.1 Å². The van der Waals surface area contributed by atoms with Gasteiger partial charge in [-0.1, -0.05) is 125 Å². The highest BCUT2D eigenvalue weighted by Gasteiger charge is 2.22. The van der Waals surface area contributed by atoms with Crippen molar-refractivity contribution in [3.8, 4) is 16.9 Å². The molecule has 0 heterocycles. The summed E-state index contributed by atoms with van der Waals surface area (Å²) in [6, 6.07) is 32.7. The molecule has 0 radical (unpaired) electrons. The molecular weight excluding hydrogens is 480 g/mol. The second-order valence-corrected chi connectivity index (χ2v) is 10.2. The molecule has 4 aromatic carbocycles. The van der Waals surface area contributed by atoms with Crippen molar-refractivity contribution in [3.63, 3.8) is 0 Å². The van der Waals surface area contributed by atoms with Crippen molar-refractivity contribution in [2.45, 2.75) is 64.7 Å². The molecule has 3 heteroatoms. The van der Waals surface area contributed by atoms with Gasteiger partial charge in [0.15, 0.2) is 5.78 Å². The van der Waals surface area contributed by atoms with E-state index < -0.39 is 5.97 Å². The molecule has 0 fully saturated rings.